The Balaban J connectivity index is 2.28. The van der Waals surface area contributed by atoms with Gasteiger partial charge in [-0.15, -0.1) is 0 Å². The van der Waals surface area contributed by atoms with Gasteiger partial charge in [-0.3, -0.25) is 10.1 Å². The van der Waals surface area contributed by atoms with Gasteiger partial charge in [0, 0.05) is 19.7 Å². The molecule has 0 saturated carbocycles. The van der Waals surface area contributed by atoms with Crippen LogP contribution in [0, 0.1) is 21.4 Å². The van der Waals surface area contributed by atoms with Crippen LogP contribution < -0.4 is 4.90 Å². The van der Waals surface area contributed by atoms with Crippen LogP contribution in [-0.4, -0.2) is 12.0 Å². The molecule has 2 aromatic carbocycles. The molecular weight excluding hydrogens is 334 g/mol. The molecule has 0 aromatic heterocycles. The van der Waals surface area contributed by atoms with Crippen molar-refractivity contribution in [3.05, 3.63) is 68.2 Å². The van der Waals surface area contributed by atoms with E-state index in [1.165, 1.54) is 6.07 Å². The van der Waals surface area contributed by atoms with Crippen molar-refractivity contribution in [1.29, 1.82) is 5.26 Å². The first-order valence-electron chi connectivity index (χ1n) is 6.16. The van der Waals surface area contributed by atoms with Crippen LogP contribution in [0.25, 0.3) is 0 Å². The first kappa shape index (κ1) is 15.0. The third kappa shape index (κ3) is 3.38. The van der Waals surface area contributed by atoms with Crippen molar-refractivity contribution in [3.63, 3.8) is 0 Å². The number of hydrogen-bond acceptors (Lipinski definition) is 4. The standard InChI is InChI=1S/C15H12BrN3O2/c1-18(14-5-3-2-4-12(14)9-17)10-11-6-7-13(16)15(8-11)19(20)21/h2-8H,10H2,1H3. The second-order valence-electron chi connectivity index (χ2n) is 4.53. The van der Waals surface area contributed by atoms with Gasteiger partial charge in [0.25, 0.3) is 5.69 Å². The average Bonchev–Trinajstić information content (AvgIpc) is 2.48. The minimum atomic E-state index is -0.420. The molecule has 0 saturated heterocycles. The van der Waals surface area contributed by atoms with Crippen LogP contribution in [0.4, 0.5) is 11.4 Å². The lowest BCUT2D eigenvalue weighted by atomic mass is 10.1. The Morgan fingerprint density at radius 3 is 2.71 bits per heavy atom. The second kappa shape index (κ2) is 6.37. The molecule has 2 rings (SSSR count). The molecule has 0 aliphatic carbocycles. The lowest BCUT2D eigenvalue weighted by Crippen LogP contribution is -2.17. The van der Waals surface area contributed by atoms with Gasteiger partial charge in [0.05, 0.1) is 20.6 Å². The van der Waals surface area contributed by atoms with Gasteiger partial charge in [-0.05, 0) is 39.7 Å². The lowest BCUT2D eigenvalue weighted by molar-refractivity contribution is -0.385. The number of benzene rings is 2. The average molecular weight is 346 g/mol. The number of anilines is 1. The molecule has 0 atom stereocenters. The van der Waals surface area contributed by atoms with Crippen LogP contribution in [0.3, 0.4) is 0 Å². The number of para-hydroxylation sites is 1. The van der Waals surface area contributed by atoms with E-state index in [0.29, 0.717) is 16.6 Å². The Hall–Kier alpha value is -2.39. The summed E-state index contributed by atoms with van der Waals surface area (Å²) in [6, 6.07) is 14.4. The maximum atomic E-state index is 10.9. The molecule has 0 N–H and O–H groups in total. The molecule has 0 amide bonds. The smallest absolute Gasteiger partial charge is 0.283 e. The van der Waals surface area contributed by atoms with E-state index in [9.17, 15) is 10.1 Å². The monoisotopic (exact) mass is 345 g/mol. The van der Waals surface area contributed by atoms with Crippen molar-refractivity contribution in [2.45, 2.75) is 6.54 Å². The Kier molecular flexibility index (Phi) is 4.55. The first-order chi connectivity index (χ1) is 10.0. The summed E-state index contributed by atoms with van der Waals surface area (Å²) < 4.78 is 0.455. The van der Waals surface area contributed by atoms with Crippen molar-refractivity contribution >= 4 is 27.3 Å². The molecule has 0 fully saturated rings. The predicted molar refractivity (Wildman–Crippen MR) is 84.1 cm³/mol. The normalized spacial score (nSPS) is 9.95. The molecule has 2 aromatic rings. The summed E-state index contributed by atoms with van der Waals surface area (Å²) in [5.41, 5.74) is 2.21. The maximum Gasteiger partial charge on any atom is 0.283 e. The van der Waals surface area contributed by atoms with Crippen LogP contribution in [-0.2, 0) is 6.54 Å². The van der Waals surface area contributed by atoms with Crippen LogP contribution in [0.15, 0.2) is 46.9 Å². The Morgan fingerprint density at radius 2 is 2.05 bits per heavy atom. The highest BCUT2D eigenvalue weighted by Crippen LogP contribution is 2.27. The van der Waals surface area contributed by atoms with Crippen molar-refractivity contribution < 1.29 is 4.92 Å². The largest absolute Gasteiger partial charge is 0.369 e. The summed E-state index contributed by atoms with van der Waals surface area (Å²) in [6.07, 6.45) is 0. The number of nitro groups is 1. The van der Waals surface area contributed by atoms with Crippen LogP contribution >= 0.6 is 15.9 Å². The molecule has 0 radical (unpaired) electrons. The number of hydrogen-bond donors (Lipinski definition) is 0. The van der Waals surface area contributed by atoms with E-state index in [0.717, 1.165) is 11.3 Å². The van der Waals surface area contributed by atoms with Gasteiger partial charge in [0.1, 0.15) is 6.07 Å². The zero-order valence-corrected chi connectivity index (χ0v) is 12.9. The zero-order chi connectivity index (χ0) is 15.4. The molecule has 0 bridgehead atoms. The van der Waals surface area contributed by atoms with E-state index in [1.54, 1.807) is 18.2 Å². The quantitative estimate of drug-likeness (QED) is 0.623. The second-order valence-corrected chi connectivity index (χ2v) is 5.38. The summed E-state index contributed by atoms with van der Waals surface area (Å²) in [5, 5.41) is 20.1. The number of nitro benzene ring substituents is 1. The van der Waals surface area contributed by atoms with Gasteiger partial charge < -0.3 is 4.90 Å². The van der Waals surface area contributed by atoms with Crippen molar-refractivity contribution in [2.24, 2.45) is 0 Å². The van der Waals surface area contributed by atoms with E-state index < -0.39 is 4.92 Å². The van der Waals surface area contributed by atoms with E-state index in [2.05, 4.69) is 22.0 Å². The lowest BCUT2D eigenvalue weighted by Gasteiger charge is -2.20. The summed E-state index contributed by atoms with van der Waals surface area (Å²) in [4.78, 5) is 12.4. The Labute approximate surface area is 130 Å². The molecule has 0 aliphatic rings. The third-order valence-electron chi connectivity index (χ3n) is 3.06. The van der Waals surface area contributed by atoms with E-state index in [-0.39, 0.29) is 5.69 Å². The van der Waals surface area contributed by atoms with Gasteiger partial charge >= 0.3 is 0 Å². The molecule has 0 unspecified atom stereocenters. The fourth-order valence-electron chi connectivity index (χ4n) is 2.06. The number of nitriles is 1. The van der Waals surface area contributed by atoms with Gasteiger partial charge in [-0.2, -0.15) is 5.26 Å². The third-order valence-corrected chi connectivity index (χ3v) is 3.73. The Bertz CT molecular complexity index is 725. The molecule has 21 heavy (non-hydrogen) atoms. The topological polar surface area (TPSA) is 70.2 Å². The van der Waals surface area contributed by atoms with Crippen molar-refractivity contribution in [2.75, 3.05) is 11.9 Å². The van der Waals surface area contributed by atoms with Gasteiger partial charge in [-0.25, -0.2) is 0 Å². The van der Waals surface area contributed by atoms with Crippen LogP contribution in [0.1, 0.15) is 11.1 Å². The fourth-order valence-corrected chi connectivity index (χ4v) is 2.45. The highest BCUT2D eigenvalue weighted by molar-refractivity contribution is 9.10. The van der Waals surface area contributed by atoms with E-state index >= 15 is 0 Å². The van der Waals surface area contributed by atoms with Crippen molar-refractivity contribution in [3.8, 4) is 6.07 Å². The number of rotatable bonds is 4. The SMILES string of the molecule is CN(Cc1ccc(Br)c([N+](=O)[O-])c1)c1ccccc1C#N. The summed E-state index contributed by atoms with van der Waals surface area (Å²) >= 11 is 3.17. The fraction of sp³-hybridized carbons (Fsp3) is 0.133. The molecule has 106 valence electrons. The maximum absolute atomic E-state index is 10.9. The number of halogens is 1. The molecule has 5 nitrogen and oxygen atoms in total. The minimum absolute atomic E-state index is 0.0365. The summed E-state index contributed by atoms with van der Waals surface area (Å²) in [7, 11) is 1.85. The zero-order valence-electron chi connectivity index (χ0n) is 11.3. The van der Waals surface area contributed by atoms with Crippen LogP contribution in [0.5, 0.6) is 0 Å². The molecule has 6 heteroatoms. The van der Waals surface area contributed by atoms with Gasteiger partial charge in [0.15, 0.2) is 0 Å². The van der Waals surface area contributed by atoms with Crippen molar-refractivity contribution in [1.82, 2.24) is 0 Å². The highest BCUT2D eigenvalue weighted by Gasteiger charge is 2.14. The van der Waals surface area contributed by atoms with E-state index in [4.69, 9.17) is 5.26 Å². The molecule has 0 heterocycles. The van der Waals surface area contributed by atoms with Gasteiger partial charge in [0.2, 0.25) is 0 Å². The first-order valence-corrected chi connectivity index (χ1v) is 6.95. The predicted octanol–water partition coefficient (Wildman–Crippen LogP) is 3.87. The van der Waals surface area contributed by atoms with E-state index in [1.807, 2.05) is 30.1 Å². The summed E-state index contributed by atoms with van der Waals surface area (Å²) in [6.45, 7) is 0.479. The molecule has 0 spiro atoms. The molecular formula is C15H12BrN3O2. The van der Waals surface area contributed by atoms with Gasteiger partial charge in [-0.1, -0.05) is 18.2 Å². The molecule has 0 aliphatic heterocycles. The number of nitrogens with zero attached hydrogens (tertiary/aromatic N) is 3. The van der Waals surface area contributed by atoms with Crippen LogP contribution in [0.2, 0.25) is 0 Å². The Morgan fingerprint density at radius 1 is 1.33 bits per heavy atom. The minimum Gasteiger partial charge on any atom is -0.369 e. The summed E-state index contributed by atoms with van der Waals surface area (Å²) in [5.74, 6) is 0. The highest BCUT2D eigenvalue weighted by atomic mass is 79.9.